The van der Waals surface area contributed by atoms with Gasteiger partial charge in [0.05, 0.1) is 0 Å². The Morgan fingerprint density at radius 2 is 1.19 bits per heavy atom. The molecule has 0 nitrogen and oxygen atoms in total. The van der Waals surface area contributed by atoms with Gasteiger partial charge in [-0.15, -0.1) is 0 Å². The van der Waals surface area contributed by atoms with Crippen LogP contribution in [0.4, 0.5) is 0 Å². The maximum absolute atomic E-state index is 4.66. The predicted octanol–water partition coefficient (Wildman–Crippen LogP) is 11.4. The number of aryl methyl sites for hydroxylation is 2. The summed E-state index contributed by atoms with van der Waals surface area (Å²) in [6.45, 7) is 8.93. The number of fused-ring (bicyclic) bond motifs is 2. The zero-order valence-electron chi connectivity index (χ0n) is 27.8. The van der Waals surface area contributed by atoms with Crippen molar-refractivity contribution in [2.75, 3.05) is 0 Å². The van der Waals surface area contributed by atoms with E-state index in [1.165, 1.54) is 65.7 Å². The third-order valence-corrected chi connectivity index (χ3v) is 9.33. The lowest BCUT2D eigenvalue weighted by atomic mass is 9.88. The maximum atomic E-state index is 4.66. The number of allylic oxidation sites excluding steroid dienone is 2. The van der Waals surface area contributed by atoms with Crippen LogP contribution >= 0.6 is 0 Å². The van der Waals surface area contributed by atoms with E-state index < -0.39 is 0 Å². The Morgan fingerprint density at radius 3 is 1.94 bits per heavy atom. The van der Waals surface area contributed by atoms with Gasteiger partial charge in [-0.05, 0) is 104 Å². The van der Waals surface area contributed by atoms with Gasteiger partial charge in [0.15, 0.2) is 0 Å². The first-order valence-electron chi connectivity index (χ1n) is 16.8. The second-order valence-corrected chi connectivity index (χ2v) is 12.7. The third kappa shape index (κ3) is 6.70. The predicted molar refractivity (Wildman–Crippen MR) is 208 cm³/mol. The van der Waals surface area contributed by atoms with Crippen LogP contribution in [-0.2, 0) is 0 Å². The lowest BCUT2D eigenvalue weighted by Gasteiger charge is -2.16. The van der Waals surface area contributed by atoms with Crippen LogP contribution in [0.2, 0.25) is 0 Å². The van der Waals surface area contributed by atoms with E-state index in [1.54, 1.807) is 0 Å². The van der Waals surface area contributed by atoms with Crippen molar-refractivity contribution in [3.8, 4) is 22.3 Å². The SMILES string of the molecule is C=C(/C=C\c1ccccc1)c1cccc(-c2ccc(C)cc2)ccc(C2=c3ccccc3=CCC2)c2ccc(-c3ccc(C)cc3)cc12. The van der Waals surface area contributed by atoms with Gasteiger partial charge in [-0.1, -0.05) is 182 Å². The van der Waals surface area contributed by atoms with Gasteiger partial charge in [-0.3, -0.25) is 0 Å². The monoisotopic (exact) mass is 616 g/mol. The van der Waals surface area contributed by atoms with Crippen molar-refractivity contribution in [1.82, 2.24) is 0 Å². The molecule has 0 aromatic heterocycles. The van der Waals surface area contributed by atoms with Gasteiger partial charge >= 0.3 is 0 Å². The minimum absolute atomic E-state index is 0.967. The zero-order chi connectivity index (χ0) is 32.9. The first-order chi connectivity index (χ1) is 23.5. The molecule has 232 valence electrons. The standard InChI is InChI=1S/C48H40/c1-34-19-25-39(26-20-34)38-14-9-17-43(36(3)23-24-37-11-5-4-6-12-37)48-33-42(40-27-21-35(2)22-28-40)30-32-47(48)46(31-29-38)45-18-10-15-41-13-7-8-16-44(41)45/h4-9,11-17,19-33H,3,10,18H2,1-2H3/b14-9?,17-9?,24-23-,31-29?,38-14?,38-29?,43-17?,46-31?,47-46?,48-43?. The summed E-state index contributed by atoms with van der Waals surface area (Å²) in [5.41, 5.74) is 13.1. The largest absolute Gasteiger partial charge is 0.0911 e. The molecule has 6 aromatic rings. The molecule has 7 rings (SSSR count). The number of hydrogen-bond acceptors (Lipinski definition) is 0. The average Bonchev–Trinajstić information content (AvgIpc) is 3.13. The second-order valence-electron chi connectivity index (χ2n) is 12.7. The summed E-state index contributed by atoms with van der Waals surface area (Å²) in [6.07, 6.45) is 8.69. The van der Waals surface area contributed by atoms with Crippen molar-refractivity contribution in [2.24, 2.45) is 0 Å². The number of rotatable bonds is 6. The first kappa shape index (κ1) is 30.9. The summed E-state index contributed by atoms with van der Waals surface area (Å²) >= 11 is 0. The lowest BCUT2D eigenvalue weighted by Crippen LogP contribution is -2.29. The van der Waals surface area contributed by atoms with Crippen LogP contribution in [-0.4, -0.2) is 0 Å². The summed E-state index contributed by atoms with van der Waals surface area (Å²) in [4.78, 5) is 0. The Morgan fingerprint density at radius 1 is 0.562 bits per heavy atom. The fourth-order valence-corrected chi connectivity index (χ4v) is 6.65. The molecule has 0 atom stereocenters. The molecule has 0 amide bonds. The van der Waals surface area contributed by atoms with Crippen LogP contribution in [0.15, 0.2) is 164 Å². The molecular weight excluding hydrogens is 577 g/mol. The topological polar surface area (TPSA) is 0 Å². The fourth-order valence-electron chi connectivity index (χ4n) is 6.65. The van der Waals surface area contributed by atoms with Gasteiger partial charge in [-0.2, -0.15) is 0 Å². The van der Waals surface area contributed by atoms with Crippen LogP contribution < -0.4 is 10.4 Å². The Balaban J connectivity index is 1.58. The van der Waals surface area contributed by atoms with Crippen LogP contribution in [0.25, 0.3) is 56.3 Å². The lowest BCUT2D eigenvalue weighted by molar-refractivity contribution is 1.08. The van der Waals surface area contributed by atoms with Crippen molar-refractivity contribution in [2.45, 2.75) is 26.7 Å². The van der Waals surface area contributed by atoms with Gasteiger partial charge in [0.1, 0.15) is 0 Å². The van der Waals surface area contributed by atoms with E-state index in [4.69, 9.17) is 0 Å². The fraction of sp³-hybridized carbons (Fsp3) is 0.0833. The van der Waals surface area contributed by atoms with E-state index in [0.29, 0.717) is 0 Å². The molecule has 0 heteroatoms. The first-order valence-corrected chi connectivity index (χ1v) is 16.8. The van der Waals surface area contributed by atoms with Crippen LogP contribution in [0.3, 0.4) is 0 Å². The Bertz CT molecular complexity index is 2330. The molecule has 0 aliphatic heterocycles. The highest BCUT2D eigenvalue weighted by atomic mass is 14.2. The van der Waals surface area contributed by atoms with Gasteiger partial charge < -0.3 is 0 Å². The molecule has 0 radical (unpaired) electrons. The molecular formula is C48H40. The van der Waals surface area contributed by atoms with Gasteiger partial charge in [0, 0.05) is 0 Å². The minimum Gasteiger partial charge on any atom is -0.0911 e. The summed E-state index contributed by atoms with van der Waals surface area (Å²) in [5, 5.41) is 5.02. The second kappa shape index (κ2) is 14.0. The maximum Gasteiger partial charge on any atom is -0.00933 e. The molecule has 48 heavy (non-hydrogen) atoms. The molecule has 0 heterocycles. The molecule has 0 saturated carbocycles. The number of benzene rings is 5. The Hall–Kier alpha value is -5.72. The van der Waals surface area contributed by atoms with E-state index in [1.807, 2.05) is 0 Å². The molecule has 0 N–H and O–H groups in total. The van der Waals surface area contributed by atoms with Crippen molar-refractivity contribution < 1.29 is 0 Å². The van der Waals surface area contributed by atoms with Crippen molar-refractivity contribution in [3.05, 3.63) is 203 Å². The van der Waals surface area contributed by atoms with Crippen LogP contribution in [0, 0.1) is 13.8 Å². The molecule has 0 unspecified atom stereocenters. The number of hydrogen-bond donors (Lipinski definition) is 0. The smallest absolute Gasteiger partial charge is 0.00933 e. The highest BCUT2D eigenvalue weighted by Crippen LogP contribution is 2.34. The van der Waals surface area contributed by atoms with Crippen molar-refractivity contribution in [1.29, 1.82) is 0 Å². The third-order valence-electron chi connectivity index (χ3n) is 9.33. The van der Waals surface area contributed by atoms with Gasteiger partial charge in [-0.25, -0.2) is 0 Å². The zero-order valence-corrected chi connectivity index (χ0v) is 27.8. The normalized spacial score (nSPS) is 12.3. The van der Waals surface area contributed by atoms with E-state index in [9.17, 15) is 0 Å². The quantitative estimate of drug-likeness (QED) is 0.163. The van der Waals surface area contributed by atoms with E-state index in [2.05, 4.69) is 190 Å². The Kier molecular flexibility index (Phi) is 8.99. The molecule has 0 saturated heterocycles. The highest BCUT2D eigenvalue weighted by Gasteiger charge is 2.13. The van der Waals surface area contributed by atoms with Crippen LogP contribution in [0.5, 0.6) is 0 Å². The summed E-state index contributed by atoms with van der Waals surface area (Å²) in [5.74, 6) is 0. The minimum atomic E-state index is 0.967. The van der Waals surface area contributed by atoms with Crippen molar-refractivity contribution in [3.63, 3.8) is 0 Å². The molecule has 0 fully saturated rings. The summed E-state index contributed by atoms with van der Waals surface area (Å²) in [6, 6.07) is 55.2. The molecule has 1 aliphatic carbocycles. The molecule has 0 spiro atoms. The molecule has 6 aromatic carbocycles. The average molecular weight is 617 g/mol. The summed E-state index contributed by atoms with van der Waals surface area (Å²) < 4.78 is 0. The Labute approximate surface area is 284 Å². The van der Waals surface area contributed by atoms with Crippen molar-refractivity contribution >= 4 is 34.1 Å². The molecule has 1 aliphatic rings. The van der Waals surface area contributed by atoms with E-state index >= 15 is 0 Å². The van der Waals surface area contributed by atoms with E-state index in [-0.39, 0.29) is 0 Å². The van der Waals surface area contributed by atoms with Crippen LogP contribution in [0.1, 0.15) is 40.7 Å². The van der Waals surface area contributed by atoms with Gasteiger partial charge in [0.2, 0.25) is 0 Å². The highest BCUT2D eigenvalue weighted by molar-refractivity contribution is 6.02. The van der Waals surface area contributed by atoms with Gasteiger partial charge in [0.25, 0.3) is 0 Å². The summed E-state index contributed by atoms with van der Waals surface area (Å²) in [7, 11) is 0. The van der Waals surface area contributed by atoms with E-state index in [0.717, 1.165) is 29.5 Å². The molecule has 0 bridgehead atoms.